The Morgan fingerprint density at radius 3 is 0.830 bits per heavy atom. The molecule has 0 bridgehead atoms. The van der Waals surface area contributed by atoms with E-state index >= 15 is 0 Å². The Morgan fingerprint density at radius 2 is 0.553 bits per heavy atom. The molecule has 11 aromatic carbocycles. The predicted molar refractivity (Wildman–Crippen MR) is 403 cm³/mol. The molecule has 0 spiro atoms. The lowest BCUT2D eigenvalue weighted by Gasteiger charge is -2.47. The van der Waals surface area contributed by atoms with Gasteiger partial charge in [0, 0.05) is 33.7 Å². The second kappa shape index (κ2) is 22.2. The molecule has 0 aliphatic carbocycles. The highest BCUT2D eigenvalue weighted by Gasteiger charge is 2.52. The van der Waals surface area contributed by atoms with Crippen molar-refractivity contribution in [3.63, 3.8) is 0 Å². The molecule has 0 saturated heterocycles. The lowest BCUT2D eigenvalue weighted by molar-refractivity contribution is 0.477. The average molecular weight is 1230 g/mol. The number of benzene rings is 11. The third-order valence-electron chi connectivity index (χ3n) is 20.6. The van der Waals surface area contributed by atoms with E-state index in [4.69, 9.17) is 9.47 Å². The molecule has 0 amide bonds. The van der Waals surface area contributed by atoms with Crippen molar-refractivity contribution in [2.24, 2.45) is 0 Å². The molecule has 0 saturated carbocycles. The summed E-state index contributed by atoms with van der Waals surface area (Å²) < 4.78 is 15.9. The normalized spacial score (nSPS) is 13.8. The first-order valence-corrected chi connectivity index (χ1v) is 34.2. The first-order chi connectivity index (χ1) is 44.8. The first kappa shape index (κ1) is 61.0. The Balaban J connectivity index is 1.04. The molecule has 4 nitrogen and oxygen atoms in total. The van der Waals surface area contributed by atoms with E-state index in [1.807, 2.05) is 0 Å². The van der Waals surface area contributed by atoms with E-state index in [0.29, 0.717) is 0 Å². The van der Waals surface area contributed by atoms with Crippen LogP contribution in [0, 0.1) is 0 Å². The van der Waals surface area contributed by atoms with Crippen LogP contribution < -0.4 is 52.1 Å². The summed E-state index contributed by atoms with van der Waals surface area (Å²) in [6, 6.07) is 83.6. The summed E-state index contributed by atoms with van der Waals surface area (Å²) in [5.74, 6) is 4.01. The van der Waals surface area contributed by atoms with Gasteiger partial charge < -0.3 is 19.3 Å². The van der Waals surface area contributed by atoms with Gasteiger partial charge in [-0.2, -0.15) is 0 Å². The summed E-state index contributed by atoms with van der Waals surface area (Å²) in [4.78, 5) is 5.05. The molecule has 0 atom stereocenters. The standard InChI is InChI=1S/C88H86B2N2O2/c1-53(2)61-31-47-77-73(49-61)89-71-51-63(59-21-37-67(38-22-59)87(11,12)13)29-45-75(71)91(69-41-25-57(26-42-69)55-17-33-65(34-18-55)85(5,6)7)81-79(89)83(93-77)82-80-84(81)94-78-48-32-62(54(3)4)50-74(78)90(80)72-52-64(60-23-39-68(40-24-60)88(14,15)16)30-46-76(72)92(82)70-43-27-58(28-44-70)56-19-35-66(36-20-56)86(8,9)10/h17-54H,1-16H3. The summed E-state index contributed by atoms with van der Waals surface area (Å²) in [5, 5.41) is 0. The fourth-order valence-corrected chi connectivity index (χ4v) is 14.9. The Morgan fingerprint density at radius 1 is 0.287 bits per heavy atom. The minimum Gasteiger partial charge on any atom is -0.456 e. The summed E-state index contributed by atoms with van der Waals surface area (Å²) in [5.41, 5.74) is 30.6. The Hall–Kier alpha value is -9.25. The van der Waals surface area contributed by atoms with Crippen LogP contribution in [-0.4, -0.2) is 13.4 Å². The molecular weight excluding hydrogens is 1140 g/mol. The monoisotopic (exact) mass is 1220 g/mol. The second-order valence-corrected chi connectivity index (χ2v) is 31.8. The number of hydrogen-bond donors (Lipinski definition) is 0. The molecule has 4 aliphatic heterocycles. The average Bonchev–Trinajstić information content (AvgIpc) is 0.672. The minimum atomic E-state index is -0.249. The van der Waals surface area contributed by atoms with Crippen molar-refractivity contribution in [2.75, 3.05) is 9.80 Å². The van der Waals surface area contributed by atoms with Gasteiger partial charge in [0.1, 0.15) is 23.0 Å². The van der Waals surface area contributed by atoms with Gasteiger partial charge in [0.05, 0.1) is 11.4 Å². The zero-order valence-corrected chi connectivity index (χ0v) is 57.8. The van der Waals surface area contributed by atoms with E-state index in [1.54, 1.807) is 0 Å². The molecule has 0 unspecified atom stereocenters. The first-order valence-electron chi connectivity index (χ1n) is 34.2. The van der Waals surface area contributed by atoms with Crippen LogP contribution in [0.5, 0.6) is 23.0 Å². The van der Waals surface area contributed by atoms with Crippen molar-refractivity contribution in [2.45, 2.75) is 144 Å². The molecule has 6 heteroatoms. The zero-order chi connectivity index (χ0) is 65.7. The van der Waals surface area contributed by atoms with E-state index < -0.39 is 0 Å². The highest BCUT2D eigenvalue weighted by Crippen LogP contribution is 2.55. The fraction of sp³-hybridized carbons (Fsp3) is 0.250. The van der Waals surface area contributed by atoms with Crippen LogP contribution in [-0.2, 0) is 21.7 Å². The van der Waals surface area contributed by atoms with Crippen LogP contribution in [0.4, 0.5) is 34.1 Å². The van der Waals surface area contributed by atoms with Crippen molar-refractivity contribution < 1.29 is 9.47 Å². The van der Waals surface area contributed by atoms with Crippen LogP contribution in [0.15, 0.2) is 218 Å². The highest BCUT2D eigenvalue weighted by molar-refractivity contribution is 7.02. The van der Waals surface area contributed by atoms with Gasteiger partial charge in [-0.15, -0.1) is 0 Å². The largest absolute Gasteiger partial charge is 0.456 e. The molecule has 94 heavy (non-hydrogen) atoms. The Kier molecular flexibility index (Phi) is 14.4. The maximum Gasteiger partial charge on any atom is 0.256 e. The second-order valence-electron chi connectivity index (χ2n) is 31.8. The van der Waals surface area contributed by atoms with Gasteiger partial charge in [-0.25, -0.2) is 0 Å². The van der Waals surface area contributed by atoms with Crippen molar-refractivity contribution in [1.82, 2.24) is 0 Å². The van der Waals surface area contributed by atoms with Gasteiger partial charge in [0.25, 0.3) is 13.4 Å². The van der Waals surface area contributed by atoms with Crippen LogP contribution in [0.2, 0.25) is 0 Å². The number of rotatable bonds is 8. The summed E-state index contributed by atoms with van der Waals surface area (Å²) >= 11 is 0. The smallest absolute Gasteiger partial charge is 0.256 e. The molecule has 0 aromatic heterocycles. The van der Waals surface area contributed by atoms with Gasteiger partial charge in [-0.3, -0.25) is 0 Å². The van der Waals surface area contributed by atoms with E-state index in [-0.39, 0.29) is 46.9 Å². The topological polar surface area (TPSA) is 24.9 Å². The SMILES string of the molecule is CC(C)c1ccc2c(c1)B1c3cc(-c4ccc(C(C)(C)C)cc4)ccc3N(c3ccc(-c4ccc(C(C)(C)C)cc4)cc3)c3c4c5c(c(c31)O2)N(c1ccc(-c2ccc(C(C)(C)C)cc2)cc1)c1ccc(-c2ccc(C(C)(C)C)cc2)cc1B5c1cc(C(C)C)ccc1O4. The van der Waals surface area contributed by atoms with Gasteiger partial charge in [-0.1, -0.05) is 281 Å². The van der Waals surface area contributed by atoms with E-state index in [1.165, 1.54) is 77.7 Å². The van der Waals surface area contributed by atoms with Gasteiger partial charge in [0.15, 0.2) is 0 Å². The van der Waals surface area contributed by atoms with Crippen molar-refractivity contribution in [1.29, 1.82) is 0 Å². The molecule has 11 aromatic rings. The lowest BCUT2D eigenvalue weighted by Crippen LogP contribution is -2.64. The molecule has 0 N–H and O–H groups in total. The predicted octanol–water partition coefficient (Wildman–Crippen LogP) is 20.6. The van der Waals surface area contributed by atoms with Gasteiger partial charge in [-0.05, 0) is 182 Å². The number of fused-ring (bicyclic) bond motifs is 10. The maximum absolute atomic E-state index is 7.95. The lowest BCUT2D eigenvalue weighted by atomic mass is 9.31. The quantitative estimate of drug-likeness (QED) is 0.142. The third kappa shape index (κ3) is 10.4. The van der Waals surface area contributed by atoms with Gasteiger partial charge in [0.2, 0.25) is 0 Å². The van der Waals surface area contributed by atoms with Gasteiger partial charge >= 0.3 is 0 Å². The van der Waals surface area contributed by atoms with Crippen LogP contribution in [0.1, 0.15) is 156 Å². The number of anilines is 6. The summed E-state index contributed by atoms with van der Waals surface area (Å²) in [6.07, 6.45) is 0. The number of ether oxygens (including phenoxy) is 2. The highest BCUT2D eigenvalue weighted by atomic mass is 16.5. The van der Waals surface area contributed by atoms with E-state index in [2.05, 4.69) is 339 Å². The summed E-state index contributed by atoms with van der Waals surface area (Å²) in [7, 11) is 0. The van der Waals surface area contributed by atoms with Crippen LogP contribution in [0.25, 0.3) is 44.5 Å². The molecular formula is C88H86B2N2O2. The van der Waals surface area contributed by atoms with E-state index in [9.17, 15) is 0 Å². The van der Waals surface area contributed by atoms with E-state index in [0.717, 1.165) is 90.1 Å². The molecule has 466 valence electrons. The zero-order valence-electron chi connectivity index (χ0n) is 57.8. The Bertz CT molecular complexity index is 4480. The fourth-order valence-electron chi connectivity index (χ4n) is 14.9. The minimum absolute atomic E-state index is 0.0214. The molecule has 0 radical (unpaired) electrons. The van der Waals surface area contributed by atoms with Crippen LogP contribution in [0.3, 0.4) is 0 Å². The number of nitrogens with zero attached hydrogens (tertiary/aromatic N) is 2. The maximum atomic E-state index is 7.95. The van der Waals surface area contributed by atoms with Crippen molar-refractivity contribution >= 4 is 80.3 Å². The van der Waals surface area contributed by atoms with Crippen LogP contribution >= 0.6 is 0 Å². The number of hydrogen-bond acceptors (Lipinski definition) is 4. The molecule has 0 fully saturated rings. The van der Waals surface area contributed by atoms with Crippen molar-refractivity contribution in [3.8, 4) is 67.5 Å². The Labute approximate surface area is 559 Å². The summed E-state index contributed by atoms with van der Waals surface area (Å²) in [6.45, 7) is 36.1. The third-order valence-corrected chi connectivity index (χ3v) is 20.6. The molecule has 15 rings (SSSR count). The molecule has 4 aliphatic rings. The van der Waals surface area contributed by atoms with Crippen molar-refractivity contribution in [3.05, 3.63) is 252 Å². The molecule has 4 heterocycles.